The maximum atomic E-state index is 12.4. The molecule has 0 saturated carbocycles. The first kappa shape index (κ1) is 16.7. The Balaban J connectivity index is 1.43. The van der Waals surface area contributed by atoms with Crippen molar-refractivity contribution in [1.82, 2.24) is 15.0 Å². The van der Waals surface area contributed by atoms with E-state index in [4.69, 9.17) is 0 Å². The number of hydrogen-bond donors (Lipinski definition) is 1. The van der Waals surface area contributed by atoms with E-state index in [1.165, 1.54) is 22.6 Å². The van der Waals surface area contributed by atoms with E-state index in [-0.39, 0.29) is 12.3 Å². The number of hydrogen-bond acceptors (Lipinski definition) is 6. The molecule has 6 nitrogen and oxygen atoms in total. The maximum absolute atomic E-state index is 12.4. The number of amides is 1. The predicted molar refractivity (Wildman–Crippen MR) is 104 cm³/mol. The number of carbonyl (C=O) groups excluding carboxylic acids is 1. The van der Waals surface area contributed by atoms with Crippen LogP contribution in [0.3, 0.4) is 0 Å². The first-order chi connectivity index (χ1) is 12.7. The topological polar surface area (TPSA) is 71.0 Å². The highest BCUT2D eigenvalue weighted by atomic mass is 32.1. The second-order valence-corrected chi connectivity index (χ2v) is 6.99. The Hall–Kier alpha value is -2.80. The van der Waals surface area contributed by atoms with Gasteiger partial charge in [0.15, 0.2) is 0 Å². The number of rotatable bonds is 5. The van der Waals surface area contributed by atoms with E-state index >= 15 is 0 Å². The zero-order chi connectivity index (χ0) is 17.9. The zero-order valence-corrected chi connectivity index (χ0v) is 15.3. The van der Waals surface area contributed by atoms with E-state index in [2.05, 4.69) is 44.2 Å². The van der Waals surface area contributed by atoms with Crippen LogP contribution in [0.2, 0.25) is 0 Å². The molecule has 3 heterocycles. The van der Waals surface area contributed by atoms with Crippen LogP contribution in [0.1, 0.15) is 18.2 Å². The Morgan fingerprint density at radius 3 is 3.08 bits per heavy atom. The van der Waals surface area contributed by atoms with E-state index in [0.717, 1.165) is 41.6 Å². The number of fused-ring (bicyclic) bond motifs is 1. The molecule has 0 fully saturated rings. The monoisotopic (exact) mass is 365 g/mol. The molecule has 4 rings (SSSR count). The lowest BCUT2D eigenvalue weighted by Gasteiger charge is -2.17. The van der Waals surface area contributed by atoms with E-state index in [1.54, 1.807) is 18.6 Å². The molecule has 0 atom stereocenters. The van der Waals surface area contributed by atoms with Crippen LogP contribution >= 0.6 is 11.3 Å². The third-order valence-corrected chi connectivity index (χ3v) is 5.33. The van der Waals surface area contributed by atoms with Gasteiger partial charge in [0.05, 0.1) is 18.3 Å². The summed E-state index contributed by atoms with van der Waals surface area (Å²) in [6, 6.07) is 6.15. The average molecular weight is 365 g/mol. The first-order valence-electron chi connectivity index (χ1n) is 8.61. The van der Waals surface area contributed by atoms with Gasteiger partial charge in [0.2, 0.25) is 5.91 Å². The number of likely N-dealkylation sites (N-methyl/N-ethyl adjacent to an activating group) is 1. The lowest BCUT2D eigenvalue weighted by Crippen LogP contribution is -2.19. The summed E-state index contributed by atoms with van der Waals surface area (Å²) in [6.45, 7) is 4.18. The summed E-state index contributed by atoms with van der Waals surface area (Å²) in [7, 11) is 0. The highest BCUT2D eigenvalue weighted by Gasteiger charge is 2.18. The Morgan fingerprint density at radius 1 is 1.35 bits per heavy atom. The number of carbonyl (C=O) groups is 1. The number of aromatic nitrogens is 3. The summed E-state index contributed by atoms with van der Waals surface area (Å²) in [5.74, 6) is -0.0676. The fourth-order valence-corrected chi connectivity index (χ4v) is 3.92. The van der Waals surface area contributed by atoms with E-state index < -0.39 is 0 Å². The summed E-state index contributed by atoms with van der Waals surface area (Å²) in [6.07, 6.45) is 6.25. The van der Waals surface area contributed by atoms with Gasteiger partial charge in [0.25, 0.3) is 0 Å². The molecule has 1 aromatic carbocycles. The van der Waals surface area contributed by atoms with Gasteiger partial charge in [-0.3, -0.25) is 14.8 Å². The van der Waals surface area contributed by atoms with Crippen LogP contribution in [0, 0.1) is 0 Å². The van der Waals surface area contributed by atoms with Crippen LogP contribution in [0.4, 0.5) is 11.4 Å². The van der Waals surface area contributed by atoms with Crippen LogP contribution < -0.4 is 10.2 Å². The minimum absolute atomic E-state index is 0.0676. The zero-order valence-electron chi connectivity index (χ0n) is 14.5. The predicted octanol–water partition coefficient (Wildman–Crippen LogP) is 3.16. The molecule has 1 aliphatic rings. The molecule has 7 heteroatoms. The van der Waals surface area contributed by atoms with Gasteiger partial charge in [-0.15, -0.1) is 11.3 Å². The van der Waals surface area contributed by atoms with Crippen molar-refractivity contribution in [2.24, 2.45) is 0 Å². The Labute approximate surface area is 155 Å². The molecular formula is C19H19N5OS. The molecule has 1 amide bonds. The minimum atomic E-state index is -0.0676. The SMILES string of the molecule is CCN1CCc2ccc(NC(=O)Cc3csc(-c4cnccn4)n3)cc21. The minimum Gasteiger partial charge on any atom is -0.371 e. The molecule has 2 aromatic heterocycles. The van der Waals surface area contributed by atoms with Crippen LogP contribution in [-0.2, 0) is 17.6 Å². The van der Waals surface area contributed by atoms with Crippen molar-refractivity contribution in [3.8, 4) is 10.7 Å². The maximum Gasteiger partial charge on any atom is 0.230 e. The van der Waals surface area contributed by atoms with Gasteiger partial charge in [0, 0.05) is 42.2 Å². The summed E-state index contributed by atoms with van der Waals surface area (Å²) in [4.78, 5) is 27.5. The van der Waals surface area contributed by atoms with Gasteiger partial charge in [-0.25, -0.2) is 4.98 Å². The average Bonchev–Trinajstić information content (AvgIpc) is 3.29. The second-order valence-electron chi connectivity index (χ2n) is 6.13. The summed E-state index contributed by atoms with van der Waals surface area (Å²) < 4.78 is 0. The van der Waals surface area contributed by atoms with Crippen LogP contribution in [0.5, 0.6) is 0 Å². The van der Waals surface area contributed by atoms with Crippen molar-refractivity contribution in [1.29, 1.82) is 0 Å². The lowest BCUT2D eigenvalue weighted by molar-refractivity contribution is -0.115. The second kappa shape index (κ2) is 7.21. The molecule has 0 unspecified atom stereocenters. The molecule has 0 spiro atoms. The standard InChI is InChI=1S/C19H19N5OS/c1-2-24-8-5-13-3-4-14(9-17(13)24)22-18(25)10-15-12-26-19(23-15)16-11-20-6-7-21-16/h3-4,6-7,9,11-12H,2,5,8,10H2,1H3,(H,22,25). The van der Waals surface area contributed by atoms with Crippen molar-refractivity contribution in [2.75, 3.05) is 23.3 Å². The van der Waals surface area contributed by atoms with Gasteiger partial charge >= 0.3 is 0 Å². The van der Waals surface area contributed by atoms with Gasteiger partial charge in [-0.1, -0.05) is 6.07 Å². The van der Waals surface area contributed by atoms with Crippen LogP contribution in [0.25, 0.3) is 10.7 Å². The molecule has 3 aromatic rings. The normalized spacial score (nSPS) is 12.9. The number of nitrogens with zero attached hydrogens (tertiary/aromatic N) is 4. The number of nitrogens with one attached hydrogen (secondary N) is 1. The van der Waals surface area contributed by atoms with E-state index in [1.807, 2.05) is 11.4 Å². The molecule has 0 saturated heterocycles. The third kappa shape index (κ3) is 3.43. The molecule has 1 aliphatic heterocycles. The number of benzene rings is 1. The molecule has 0 bridgehead atoms. The lowest BCUT2D eigenvalue weighted by atomic mass is 10.1. The molecule has 1 N–H and O–H groups in total. The van der Waals surface area contributed by atoms with Gasteiger partial charge in [-0.2, -0.15) is 0 Å². The fraction of sp³-hybridized carbons (Fsp3) is 0.263. The Morgan fingerprint density at radius 2 is 2.27 bits per heavy atom. The number of anilines is 2. The van der Waals surface area contributed by atoms with Crippen molar-refractivity contribution in [3.05, 3.63) is 53.4 Å². The van der Waals surface area contributed by atoms with E-state index in [0.29, 0.717) is 0 Å². The van der Waals surface area contributed by atoms with Gasteiger partial charge in [0.1, 0.15) is 10.7 Å². The van der Waals surface area contributed by atoms with Crippen molar-refractivity contribution >= 4 is 28.6 Å². The first-order valence-corrected chi connectivity index (χ1v) is 9.49. The summed E-state index contributed by atoms with van der Waals surface area (Å²) >= 11 is 1.47. The molecule has 0 radical (unpaired) electrons. The molecule has 26 heavy (non-hydrogen) atoms. The fourth-order valence-electron chi connectivity index (χ4n) is 3.14. The van der Waals surface area contributed by atoms with Gasteiger partial charge < -0.3 is 10.2 Å². The van der Waals surface area contributed by atoms with Crippen molar-refractivity contribution in [3.63, 3.8) is 0 Å². The quantitative estimate of drug-likeness (QED) is 0.752. The molecule has 0 aliphatic carbocycles. The Bertz CT molecular complexity index is 925. The third-order valence-electron chi connectivity index (χ3n) is 4.42. The van der Waals surface area contributed by atoms with Gasteiger partial charge in [-0.05, 0) is 31.0 Å². The van der Waals surface area contributed by atoms with Crippen molar-refractivity contribution < 1.29 is 4.79 Å². The molecular weight excluding hydrogens is 346 g/mol. The van der Waals surface area contributed by atoms with E-state index in [9.17, 15) is 4.79 Å². The highest BCUT2D eigenvalue weighted by Crippen LogP contribution is 2.30. The summed E-state index contributed by atoms with van der Waals surface area (Å²) in [5, 5.41) is 5.65. The Kier molecular flexibility index (Phi) is 4.62. The van der Waals surface area contributed by atoms with Crippen LogP contribution in [-0.4, -0.2) is 33.9 Å². The smallest absolute Gasteiger partial charge is 0.230 e. The summed E-state index contributed by atoms with van der Waals surface area (Å²) in [5.41, 5.74) is 4.87. The largest absolute Gasteiger partial charge is 0.371 e. The molecule has 132 valence electrons. The highest BCUT2D eigenvalue weighted by molar-refractivity contribution is 7.13. The van der Waals surface area contributed by atoms with Crippen LogP contribution in [0.15, 0.2) is 42.2 Å². The van der Waals surface area contributed by atoms with Crippen molar-refractivity contribution in [2.45, 2.75) is 19.8 Å². The number of thiazole rings is 1.